The highest BCUT2D eigenvalue weighted by Gasteiger charge is 2.08. The van der Waals surface area contributed by atoms with Gasteiger partial charge in [-0.05, 0) is 42.7 Å². The minimum atomic E-state index is -0.0448. The normalized spacial score (nSPS) is 10.6. The van der Waals surface area contributed by atoms with E-state index in [1.54, 1.807) is 0 Å². The lowest BCUT2D eigenvalue weighted by Crippen LogP contribution is -2.12. The van der Waals surface area contributed by atoms with Crippen molar-refractivity contribution in [1.29, 1.82) is 0 Å². The molecule has 0 spiro atoms. The van der Waals surface area contributed by atoms with Crippen molar-refractivity contribution >= 4 is 38.3 Å². The number of benzene rings is 2. The van der Waals surface area contributed by atoms with E-state index < -0.39 is 0 Å². The first-order valence-electron chi connectivity index (χ1n) is 8.87. The average Bonchev–Trinajstić information content (AvgIpc) is 3.15. The minimum absolute atomic E-state index is 0.0448. The lowest BCUT2D eigenvalue weighted by molar-refractivity contribution is -0.116. The molecule has 3 rings (SSSR count). The lowest BCUT2D eigenvalue weighted by atomic mass is 10.1. The second kappa shape index (κ2) is 9.67. The van der Waals surface area contributed by atoms with Gasteiger partial charge in [-0.3, -0.25) is 4.79 Å². The van der Waals surface area contributed by atoms with Gasteiger partial charge < -0.3 is 10.1 Å². The first-order valence-corrected chi connectivity index (χ1v) is 10.5. The van der Waals surface area contributed by atoms with Crippen LogP contribution >= 0.6 is 27.3 Å². The summed E-state index contributed by atoms with van der Waals surface area (Å²) in [7, 11) is 0. The van der Waals surface area contributed by atoms with Crippen LogP contribution < -0.4 is 10.1 Å². The molecule has 27 heavy (non-hydrogen) atoms. The summed E-state index contributed by atoms with van der Waals surface area (Å²) >= 11 is 4.83. The highest BCUT2D eigenvalue weighted by atomic mass is 79.9. The molecule has 2 aromatic carbocycles. The fourth-order valence-corrected chi connectivity index (χ4v) is 3.51. The summed E-state index contributed by atoms with van der Waals surface area (Å²) in [5, 5.41) is 5.46. The Morgan fingerprint density at radius 1 is 1.15 bits per heavy atom. The van der Waals surface area contributed by atoms with E-state index in [-0.39, 0.29) is 5.91 Å². The lowest BCUT2D eigenvalue weighted by Gasteiger charge is -2.06. The van der Waals surface area contributed by atoms with E-state index in [0.717, 1.165) is 27.9 Å². The number of hydrogen-bond donors (Lipinski definition) is 1. The molecule has 0 radical (unpaired) electrons. The molecule has 140 valence electrons. The maximum Gasteiger partial charge on any atom is 0.226 e. The van der Waals surface area contributed by atoms with Gasteiger partial charge in [0, 0.05) is 21.8 Å². The van der Waals surface area contributed by atoms with Gasteiger partial charge in [-0.1, -0.05) is 47.1 Å². The molecule has 0 fully saturated rings. The van der Waals surface area contributed by atoms with Crippen molar-refractivity contribution in [1.82, 2.24) is 4.98 Å². The van der Waals surface area contributed by atoms with Gasteiger partial charge in [0.25, 0.3) is 0 Å². The van der Waals surface area contributed by atoms with Gasteiger partial charge in [-0.25, -0.2) is 4.98 Å². The SMILES string of the molecule is CCc1ccc(-c2csc(NC(=O)CCCOc3ccc(Br)cc3)n2)cc1. The molecule has 0 atom stereocenters. The zero-order chi connectivity index (χ0) is 19.1. The molecule has 0 saturated heterocycles. The summed E-state index contributed by atoms with van der Waals surface area (Å²) in [5.41, 5.74) is 3.25. The van der Waals surface area contributed by atoms with Gasteiger partial charge in [0.2, 0.25) is 5.91 Å². The quantitative estimate of drug-likeness (QED) is 0.437. The van der Waals surface area contributed by atoms with Crippen molar-refractivity contribution in [2.75, 3.05) is 11.9 Å². The predicted octanol–water partition coefficient (Wildman–Crippen LogP) is 5.93. The van der Waals surface area contributed by atoms with Crippen LogP contribution in [0.2, 0.25) is 0 Å². The number of ether oxygens (including phenoxy) is 1. The predicted molar refractivity (Wildman–Crippen MR) is 114 cm³/mol. The summed E-state index contributed by atoms with van der Waals surface area (Å²) in [6.45, 7) is 2.64. The Morgan fingerprint density at radius 2 is 1.89 bits per heavy atom. The molecule has 0 bridgehead atoms. The van der Waals surface area contributed by atoms with Crippen LogP contribution in [0.3, 0.4) is 0 Å². The number of nitrogens with one attached hydrogen (secondary N) is 1. The second-order valence-corrected chi connectivity index (χ2v) is 7.82. The van der Waals surface area contributed by atoms with Crippen molar-refractivity contribution < 1.29 is 9.53 Å². The smallest absolute Gasteiger partial charge is 0.226 e. The molecule has 1 aromatic heterocycles. The number of thiazole rings is 1. The largest absolute Gasteiger partial charge is 0.494 e. The van der Waals surface area contributed by atoms with Crippen LogP contribution in [0.1, 0.15) is 25.3 Å². The highest BCUT2D eigenvalue weighted by molar-refractivity contribution is 9.10. The van der Waals surface area contributed by atoms with Gasteiger partial charge in [-0.15, -0.1) is 11.3 Å². The summed E-state index contributed by atoms with van der Waals surface area (Å²) < 4.78 is 6.64. The number of carbonyl (C=O) groups excluding carboxylic acids is 1. The number of aryl methyl sites for hydroxylation is 1. The molecule has 0 saturated carbocycles. The summed E-state index contributed by atoms with van der Waals surface area (Å²) in [4.78, 5) is 16.6. The van der Waals surface area contributed by atoms with E-state index in [1.165, 1.54) is 16.9 Å². The number of rotatable bonds is 8. The Balaban J connectivity index is 1.44. The van der Waals surface area contributed by atoms with E-state index in [1.807, 2.05) is 29.6 Å². The fourth-order valence-electron chi connectivity index (χ4n) is 2.51. The number of aromatic nitrogens is 1. The van der Waals surface area contributed by atoms with Crippen LogP contribution in [0.25, 0.3) is 11.3 Å². The Labute approximate surface area is 171 Å². The molecular formula is C21H21BrN2O2S. The third-order valence-electron chi connectivity index (χ3n) is 4.04. The third kappa shape index (κ3) is 5.91. The molecule has 0 aliphatic rings. The molecule has 0 unspecified atom stereocenters. The zero-order valence-electron chi connectivity index (χ0n) is 15.1. The van der Waals surface area contributed by atoms with E-state index in [4.69, 9.17) is 4.74 Å². The van der Waals surface area contributed by atoms with Gasteiger partial charge in [0.1, 0.15) is 5.75 Å². The van der Waals surface area contributed by atoms with Crippen molar-refractivity contribution in [3.8, 4) is 17.0 Å². The number of carbonyl (C=O) groups is 1. The molecular weight excluding hydrogens is 424 g/mol. The molecule has 3 aromatic rings. The van der Waals surface area contributed by atoms with Crippen LogP contribution in [-0.4, -0.2) is 17.5 Å². The molecule has 1 N–H and O–H groups in total. The summed E-state index contributed by atoms with van der Waals surface area (Å²) in [6, 6.07) is 16.0. The van der Waals surface area contributed by atoms with Gasteiger partial charge in [-0.2, -0.15) is 0 Å². The van der Waals surface area contributed by atoms with Crippen LogP contribution in [0, 0.1) is 0 Å². The van der Waals surface area contributed by atoms with E-state index in [0.29, 0.717) is 24.6 Å². The molecule has 6 heteroatoms. The van der Waals surface area contributed by atoms with Crippen LogP contribution in [0.5, 0.6) is 5.75 Å². The number of anilines is 1. The third-order valence-corrected chi connectivity index (χ3v) is 5.33. The van der Waals surface area contributed by atoms with E-state index >= 15 is 0 Å². The maximum absolute atomic E-state index is 12.1. The second-order valence-electron chi connectivity index (χ2n) is 6.04. The minimum Gasteiger partial charge on any atom is -0.494 e. The van der Waals surface area contributed by atoms with Crippen molar-refractivity contribution in [3.05, 3.63) is 63.9 Å². The van der Waals surface area contributed by atoms with Crippen LogP contribution in [-0.2, 0) is 11.2 Å². The number of amides is 1. The van der Waals surface area contributed by atoms with E-state index in [9.17, 15) is 4.79 Å². The molecule has 1 amide bonds. The summed E-state index contributed by atoms with van der Waals surface area (Å²) in [6.07, 6.45) is 2.07. The van der Waals surface area contributed by atoms with Crippen LogP contribution in [0.15, 0.2) is 58.4 Å². The Hall–Kier alpha value is -2.18. The monoisotopic (exact) mass is 444 g/mol. The first-order chi connectivity index (χ1) is 13.1. The van der Waals surface area contributed by atoms with Gasteiger partial charge in [0.15, 0.2) is 5.13 Å². The van der Waals surface area contributed by atoms with Crippen molar-refractivity contribution in [2.24, 2.45) is 0 Å². The van der Waals surface area contributed by atoms with Crippen molar-refractivity contribution in [2.45, 2.75) is 26.2 Å². The molecule has 0 aliphatic carbocycles. The standard InChI is InChI=1S/C21H21BrN2O2S/c1-2-15-5-7-16(8-6-15)19-14-27-21(23-19)24-20(25)4-3-13-26-18-11-9-17(22)10-12-18/h5-12,14H,2-4,13H2,1H3,(H,23,24,25). The fraction of sp³-hybridized carbons (Fsp3) is 0.238. The Bertz CT molecular complexity index is 876. The topological polar surface area (TPSA) is 51.2 Å². The Morgan fingerprint density at radius 3 is 2.59 bits per heavy atom. The average molecular weight is 445 g/mol. The maximum atomic E-state index is 12.1. The van der Waals surface area contributed by atoms with Crippen LogP contribution in [0.4, 0.5) is 5.13 Å². The number of hydrogen-bond acceptors (Lipinski definition) is 4. The summed E-state index contributed by atoms with van der Waals surface area (Å²) in [5.74, 6) is 0.758. The highest BCUT2D eigenvalue weighted by Crippen LogP contribution is 2.25. The van der Waals surface area contributed by atoms with Crippen molar-refractivity contribution in [3.63, 3.8) is 0 Å². The number of halogens is 1. The molecule has 4 nitrogen and oxygen atoms in total. The Kier molecular flexibility index (Phi) is 7.01. The molecule has 1 heterocycles. The number of nitrogens with zero attached hydrogens (tertiary/aromatic N) is 1. The van der Waals surface area contributed by atoms with E-state index in [2.05, 4.69) is 57.4 Å². The molecule has 0 aliphatic heterocycles. The first kappa shape index (κ1) is 19.6. The van der Waals surface area contributed by atoms with Gasteiger partial charge in [0.05, 0.1) is 12.3 Å². The zero-order valence-corrected chi connectivity index (χ0v) is 17.5. The van der Waals surface area contributed by atoms with Gasteiger partial charge >= 0.3 is 0 Å².